The van der Waals surface area contributed by atoms with E-state index in [1.165, 1.54) is 6.92 Å². The Morgan fingerprint density at radius 3 is 2.54 bits per heavy atom. The van der Waals surface area contributed by atoms with Crippen molar-refractivity contribution in [2.75, 3.05) is 10.6 Å². The van der Waals surface area contributed by atoms with Crippen molar-refractivity contribution in [3.63, 3.8) is 0 Å². The highest BCUT2D eigenvalue weighted by molar-refractivity contribution is 7.18. The molecule has 1 aromatic heterocycles. The SMILES string of the molecule is CC(=O)Nc1cccc(NC(=O)CCc2nc3ccccc3s2)c1. The van der Waals surface area contributed by atoms with Gasteiger partial charge in [0.25, 0.3) is 0 Å². The maximum atomic E-state index is 12.1. The zero-order valence-electron chi connectivity index (χ0n) is 13.2. The summed E-state index contributed by atoms with van der Waals surface area (Å²) in [5.74, 6) is -0.219. The van der Waals surface area contributed by atoms with Crippen LogP contribution in [-0.2, 0) is 16.0 Å². The molecule has 6 heteroatoms. The Bertz CT molecular complexity index is 856. The molecule has 0 fully saturated rings. The standard InChI is InChI=1S/C18H17N3O2S/c1-12(22)19-13-5-4-6-14(11-13)20-17(23)9-10-18-21-15-7-2-3-8-16(15)24-18/h2-8,11H,9-10H2,1H3,(H,19,22)(H,20,23). The third-order valence-corrected chi connectivity index (χ3v) is 4.47. The molecular formula is C18H17N3O2S. The lowest BCUT2D eigenvalue weighted by Gasteiger charge is -2.07. The number of aryl methyl sites for hydroxylation is 1. The molecule has 0 unspecified atom stereocenters. The van der Waals surface area contributed by atoms with Crippen LogP contribution in [-0.4, -0.2) is 16.8 Å². The van der Waals surface area contributed by atoms with Crippen LogP contribution in [0.15, 0.2) is 48.5 Å². The number of carbonyl (C=O) groups is 2. The van der Waals surface area contributed by atoms with Gasteiger partial charge in [-0.1, -0.05) is 18.2 Å². The molecule has 0 saturated carbocycles. The Morgan fingerprint density at radius 1 is 1.04 bits per heavy atom. The lowest BCUT2D eigenvalue weighted by atomic mass is 10.2. The largest absolute Gasteiger partial charge is 0.326 e. The smallest absolute Gasteiger partial charge is 0.224 e. The molecule has 0 aliphatic carbocycles. The number of para-hydroxylation sites is 1. The maximum Gasteiger partial charge on any atom is 0.224 e. The van der Waals surface area contributed by atoms with E-state index in [0.29, 0.717) is 24.2 Å². The number of carbonyl (C=O) groups excluding carboxylic acids is 2. The zero-order chi connectivity index (χ0) is 16.9. The van der Waals surface area contributed by atoms with E-state index in [9.17, 15) is 9.59 Å². The quantitative estimate of drug-likeness (QED) is 0.742. The summed E-state index contributed by atoms with van der Waals surface area (Å²) >= 11 is 1.62. The average Bonchev–Trinajstić information content (AvgIpc) is 2.95. The van der Waals surface area contributed by atoms with Crippen LogP contribution >= 0.6 is 11.3 Å². The molecule has 0 aliphatic heterocycles. The van der Waals surface area contributed by atoms with Gasteiger partial charge in [0.1, 0.15) is 0 Å². The Kier molecular flexibility index (Phi) is 4.86. The van der Waals surface area contributed by atoms with Crippen LogP contribution in [0.25, 0.3) is 10.2 Å². The summed E-state index contributed by atoms with van der Waals surface area (Å²) in [5.41, 5.74) is 2.29. The molecule has 24 heavy (non-hydrogen) atoms. The number of anilines is 2. The second-order valence-corrected chi connectivity index (χ2v) is 6.50. The lowest BCUT2D eigenvalue weighted by Crippen LogP contribution is -2.13. The van der Waals surface area contributed by atoms with Crippen molar-refractivity contribution >= 4 is 44.7 Å². The second-order valence-electron chi connectivity index (χ2n) is 5.39. The Morgan fingerprint density at radius 2 is 1.79 bits per heavy atom. The number of aromatic nitrogens is 1. The van der Waals surface area contributed by atoms with Crippen molar-refractivity contribution in [1.29, 1.82) is 0 Å². The number of nitrogens with one attached hydrogen (secondary N) is 2. The molecule has 2 amide bonds. The highest BCUT2D eigenvalue weighted by atomic mass is 32.1. The predicted molar refractivity (Wildman–Crippen MR) is 97.3 cm³/mol. The molecule has 0 radical (unpaired) electrons. The Balaban J connectivity index is 1.58. The molecule has 0 atom stereocenters. The summed E-state index contributed by atoms with van der Waals surface area (Å²) in [5, 5.41) is 6.50. The fourth-order valence-corrected chi connectivity index (χ4v) is 3.32. The number of amides is 2. The minimum atomic E-state index is -0.144. The van der Waals surface area contributed by atoms with Crippen LogP contribution in [0.3, 0.4) is 0 Å². The minimum Gasteiger partial charge on any atom is -0.326 e. The van der Waals surface area contributed by atoms with Gasteiger partial charge in [-0.3, -0.25) is 9.59 Å². The van der Waals surface area contributed by atoms with Crippen molar-refractivity contribution in [3.05, 3.63) is 53.5 Å². The molecule has 2 aromatic carbocycles. The van der Waals surface area contributed by atoms with Crippen molar-refractivity contribution in [2.45, 2.75) is 19.8 Å². The van der Waals surface area contributed by atoms with Gasteiger partial charge in [0, 0.05) is 31.1 Å². The van der Waals surface area contributed by atoms with Gasteiger partial charge >= 0.3 is 0 Å². The molecule has 122 valence electrons. The first kappa shape index (κ1) is 16.1. The van der Waals surface area contributed by atoms with Crippen molar-refractivity contribution in [3.8, 4) is 0 Å². The predicted octanol–water partition coefficient (Wildman–Crippen LogP) is 3.83. The van der Waals surface area contributed by atoms with Crippen LogP contribution < -0.4 is 10.6 Å². The second kappa shape index (κ2) is 7.23. The number of hydrogen-bond acceptors (Lipinski definition) is 4. The third kappa shape index (κ3) is 4.17. The van der Waals surface area contributed by atoms with E-state index in [4.69, 9.17) is 0 Å². The molecular weight excluding hydrogens is 322 g/mol. The third-order valence-electron chi connectivity index (χ3n) is 3.37. The first-order valence-corrected chi connectivity index (χ1v) is 8.44. The van der Waals surface area contributed by atoms with Crippen LogP contribution in [0.2, 0.25) is 0 Å². The first-order chi connectivity index (χ1) is 11.6. The molecule has 2 N–H and O–H groups in total. The zero-order valence-corrected chi connectivity index (χ0v) is 14.0. The number of thiazole rings is 1. The maximum absolute atomic E-state index is 12.1. The van der Waals surface area contributed by atoms with Crippen molar-refractivity contribution < 1.29 is 9.59 Å². The summed E-state index contributed by atoms with van der Waals surface area (Å²) < 4.78 is 1.14. The van der Waals surface area contributed by atoms with Gasteiger partial charge in [-0.15, -0.1) is 11.3 Å². The van der Waals surface area contributed by atoms with Crippen LogP contribution in [0.5, 0.6) is 0 Å². The van der Waals surface area contributed by atoms with Crippen LogP contribution in [0.1, 0.15) is 18.4 Å². The summed E-state index contributed by atoms with van der Waals surface area (Å²) in [6.07, 6.45) is 0.973. The molecule has 0 bridgehead atoms. The Hall–Kier alpha value is -2.73. The van der Waals surface area contributed by atoms with E-state index in [0.717, 1.165) is 15.2 Å². The molecule has 3 aromatic rings. The summed E-state index contributed by atoms with van der Waals surface area (Å²) in [4.78, 5) is 27.7. The van der Waals surface area contributed by atoms with Gasteiger partial charge in [0.05, 0.1) is 15.2 Å². The van der Waals surface area contributed by atoms with Crippen LogP contribution in [0, 0.1) is 0 Å². The average molecular weight is 339 g/mol. The molecule has 1 heterocycles. The van der Waals surface area contributed by atoms with Crippen molar-refractivity contribution in [2.24, 2.45) is 0 Å². The van der Waals surface area contributed by atoms with E-state index >= 15 is 0 Å². The van der Waals surface area contributed by atoms with Gasteiger partial charge in [0.2, 0.25) is 11.8 Å². The van der Waals surface area contributed by atoms with E-state index < -0.39 is 0 Å². The molecule has 3 rings (SSSR count). The van der Waals surface area contributed by atoms with E-state index in [1.807, 2.05) is 24.3 Å². The normalized spacial score (nSPS) is 10.5. The molecule has 0 spiro atoms. The fourth-order valence-electron chi connectivity index (χ4n) is 2.35. The topological polar surface area (TPSA) is 71.1 Å². The fraction of sp³-hybridized carbons (Fsp3) is 0.167. The number of nitrogens with zero attached hydrogens (tertiary/aromatic N) is 1. The first-order valence-electron chi connectivity index (χ1n) is 7.62. The number of fused-ring (bicyclic) bond motifs is 1. The van der Waals surface area contributed by atoms with Gasteiger partial charge < -0.3 is 10.6 Å². The van der Waals surface area contributed by atoms with Crippen molar-refractivity contribution in [1.82, 2.24) is 4.98 Å². The van der Waals surface area contributed by atoms with Gasteiger partial charge in [-0.2, -0.15) is 0 Å². The van der Waals surface area contributed by atoms with Gasteiger partial charge in [-0.05, 0) is 30.3 Å². The highest BCUT2D eigenvalue weighted by Crippen LogP contribution is 2.22. The highest BCUT2D eigenvalue weighted by Gasteiger charge is 2.08. The minimum absolute atomic E-state index is 0.0748. The van der Waals surface area contributed by atoms with Gasteiger partial charge in [0.15, 0.2) is 0 Å². The van der Waals surface area contributed by atoms with E-state index in [-0.39, 0.29) is 11.8 Å². The van der Waals surface area contributed by atoms with Crippen LogP contribution in [0.4, 0.5) is 11.4 Å². The Labute approximate surface area is 143 Å². The van der Waals surface area contributed by atoms with Gasteiger partial charge in [-0.25, -0.2) is 4.98 Å². The number of rotatable bonds is 5. The van der Waals surface area contributed by atoms with E-state index in [1.54, 1.807) is 35.6 Å². The number of benzene rings is 2. The molecule has 0 saturated heterocycles. The molecule has 5 nitrogen and oxygen atoms in total. The lowest BCUT2D eigenvalue weighted by molar-refractivity contribution is -0.116. The summed E-state index contributed by atoms with van der Waals surface area (Å²) in [7, 11) is 0. The molecule has 0 aliphatic rings. The monoisotopic (exact) mass is 339 g/mol. The number of hydrogen-bond donors (Lipinski definition) is 2. The summed E-state index contributed by atoms with van der Waals surface area (Å²) in [6, 6.07) is 15.0. The van der Waals surface area contributed by atoms with E-state index in [2.05, 4.69) is 15.6 Å². The summed E-state index contributed by atoms with van der Waals surface area (Å²) in [6.45, 7) is 1.45.